The van der Waals surface area contributed by atoms with Crippen LogP contribution >= 0.6 is 0 Å². The van der Waals surface area contributed by atoms with Gasteiger partial charge in [-0.15, -0.1) is 0 Å². The summed E-state index contributed by atoms with van der Waals surface area (Å²) in [5.74, 6) is 1.34. The first-order valence-electron chi connectivity index (χ1n) is 6.46. The van der Waals surface area contributed by atoms with E-state index in [9.17, 15) is 4.79 Å². The molecule has 6 heteroatoms. The highest BCUT2D eigenvalue weighted by atomic mass is 16.5. The summed E-state index contributed by atoms with van der Waals surface area (Å²) in [5.41, 5.74) is 2.20. The summed E-state index contributed by atoms with van der Waals surface area (Å²) < 4.78 is 5.49. The third-order valence-electron chi connectivity index (χ3n) is 2.84. The molecular weight excluding hydrogens is 256 g/mol. The van der Waals surface area contributed by atoms with Gasteiger partial charge in [-0.2, -0.15) is 5.10 Å². The van der Waals surface area contributed by atoms with E-state index >= 15 is 0 Å². The molecule has 0 aliphatic rings. The minimum Gasteiger partial charge on any atom is -0.484 e. The van der Waals surface area contributed by atoms with Gasteiger partial charge in [0.25, 0.3) is 5.91 Å². The van der Waals surface area contributed by atoms with Crippen LogP contribution in [0.5, 0.6) is 5.75 Å². The van der Waals surface area contributed by atoms with Gasteiger partial charge in [0.15, 0.2) is 6.61 Å². The van der Waals surface area contributed by atoms with Crippen LogP contribution in [-0.4, -0.2) is 34.2 Å². The quantitative estimate of drug-likeness (QED) is 0.828. The molecule has 106 valence electrons. The number of hydrogen-bond acceptors (Lipinski definition) is 4. The van der Waals surface area contributed by atoms with E-state index in [1.807, 2.05) is 32.0 Å². The Hall–Kier alpha value is -2.37. The van der Waals surface area contributed by atoms with Crippen LogP contribution in [0, 0.1) is 13.8 Å². The Labute approximate surface area is 117 Å². The summed E-state index contributed by atoms with van der Waals surface area (Å²) in [4.78, 5) is 15.6. The average molecular weight is 274 g/mol. The second-order valence-electron chi connectivity index (χ2n) is 4.59. The molecule has 0 spiro atoms. The van der Waals surface area contributed by atoms with Gasteiger partial charge in [-0.3, -0.25) is 9.89 Å². The van der Waals surface area contributed by atoms with E-state index in [1.54, 1.807) is 0 Å². The zero-order valence-corrected chi connectivity index (χ0v) is 11.6. The molecule has 20 heavy (non-hydrogen) atoms. The Bertz CT molecular complexity index is 567. The smallest absolute Gasteiger partial charge is 0.257 e. The largest absolute Gasteiger partial charge is 0.484 e. The van der Waals surface area contributed by atoms with Crippen molar-refractivity contribution in [3.8, 4) is 5.75 Å². The number of carbonyl (C=O) groups is 1. The van der Waals surface area contributed by atoms with Crippen LogP contribution in [0.3, 0.4) is 0 Å². The van der Waals surface area contributed by atoms with Crippen molar-refractivity contribution >= 4 is 5.91 Å². The fourth-order valence-electron chi connectivity index (χ4n) is 1.83. The number of H-pyrrole nitrogens is 1. The molecule has 1 aromatic carbocycles. The molecule has 0 saturated heterocycles. The maximum atomic E-state index is 11.6. The number of aromatic amines is 1. The van der Waals surface area contributed by atoms with E-state index in [1.165, 1.54) is 11.9 Å². The topological polar surface area (TPSA) is 79.9 Å². The van der Waals surface area contributed by atoms with Gasteiger partial charge in [0.1, 0.15) is 17.9 Å². The molecule has 1 heterocycles. The molecule has 2 rings (SSSR count). The molecule has 2 aromatic rings. The summed E-state index contributed by atoms with van der Waals surface area (Å²) >= 11 is 0. The third-order valence-corrected chi connectivity index (χ3v) is 2.84. The minimum atomic E-state index is -0.149. The molecule has 1 amide bonds. The number of carbonyl (C=O) groups excluding carboxylic acids is 1. The summed E-state index contributed by atoms with van der Waals surface area (Å²) in [6, 6.07) is 5.87. The Morgan fingerprint density at radius 2 is 2.25 bits per heavy atom. The van der Waals surface area contributed by atoms with Gasteiger partial charge in [-0.1, -0.05) is 17.7 Å². The first-order valence-corrected chi connectivity index (χ1v) is 6.46. The molecule has 1 aromatic heterocycles. The van der Waals surface area contributed by atoms with Crippen molar-refractivity contribution in [2.24, 2.45) is 0 Å². The fraction of sp³-hybridized carbons (Fsp3) is 0.357. The van der Waals surface area contributed by atoms with Gasteiger partial charge in [-0.25, -0.2) is 4.98 Å². The van der Waals surface area contributed by atoms with Gasteiger partial charge < -0.3 is 10.1 Å². The second kappa shape index (κ2) is 6.70. The highest BCUT2D eigenvalue weighted by Crippen LogP contribution is 2.18. The van der Waals surface area contributed by atoms with Crippen molar-refractivity contribution in [3.63, 3.8) is 0 Å². The maximum Gasteiger partial charge on any atom is 0.257 e. The number of rotatable bonds is 6. The number of hydrogen-bond donors (Lipinski definition) is 2. The van der Waals surface area contributed by atoms with E-state index in [-0.39, 0.29) is 12.5 Å². The molecule has 0 aliphatic carbocycles. The van der Waals surface area contributed by atoms with Crippen LogP contribution in [0.1, 0.15) is 17.0 Å². The number of nitrogens with zero attached hydrogens (tertiary/aromatic N) is 2. The second-order valence-corrected chi connectivity index (χ2v) is 4.59. The summed E-state index contributed by atoms with van der Waals surface area (Å²) in [6.07, 6.45) is 2.07. The Morgan fingerprint density at radius 1 is 1.40 bits per heavy atom. The highest BCUT2D eigenvalue weighted by Gasteiger charge is 2.05. The molecule has 0 bridgehead atoms. The Kier molecular flexibility index (Phi) is 4.70. The number of benzene rings is 1. The normalized spacial score (nSPS) is 10.3. The average Bonchev–Trinajstić information content (AvgIpc) is 2.91. The molecule has 0 fully saturated rings. The van der Waals surface area contributed by atoms with E-state index in [0.29, 0.717) is 13.0 Å². The lowest BCUT2D eigenvalue weighted by atomic mass is 10.1. The van der Waals surface area contributed by atoms with Crippen LogP contribution in [0.25, 0.3) is 0 Å². The molecule has 0 radical (unpaired) electrons. The predicted octanol–water partition coefficient (Wildman–Crippen LogP) is 1.16. The lowest BCUT2D eigenvalue weighted by Crippen LogP contribution is -2.30. The zero-order chi connectivity index (χ0) is 14.4. The minimum absolute atomic E-state index is 0.0142. The third kappa shape index (κ3) is 4.08. The van der Waals surface area contributed by atoms with Gasteiger partial charge in [0.2, 0.25) is 0 Å². The van der Waals surface area contributed by atoms with Crippen molar-refractivity contribution in [1.82, 2.24) is 20.5 Å². The van der Waals surface area contributed by atoms with Crippen LogP contribution in [0.15, 0.2) is 24.5 Å². The van der Waals surface area contributed by atoms with E-state index in [4.69, 9.17) is 4.74 Å². The Balaban J connectivity index is 1.72. The van der Waals surface area contributed by atoms with Crippen LogP contribution in [0.4, 0.5) is 0 Å². The van der Waals surface area contributed by atoms with Gasteiger partial charge in [0, 0.05) is 13.0 Å². The van der Waals surface area contributed by atoms with E-state index < -0.39 is 0 Å². The van der Waals surface area contributed by atoms with Crippen molar-refractivity contribution in [2.75, 3.05) is 13.2 Å². The lowest BCUT2D eigenvalue weighted by molar-refractivity contribution is -0.123. The number of nitrogens with one attached hydrogen (secondary N) is 2. The molecule has 0 saturated carbocycles. The molecule has 0 unspecified atom stereocenters. The van der Waals surface area contributed by atoms with Gasteiger partial charge in [0.05, 0.1) is 0 Å². The first-order chi connectivity index (χ1) is 9.65. The fourth-order valence-corrected chi connectivity index (χ4v) is 1.83. The molecule has 0 atom stereocenters. The monoisotopic (exact) mass is 274 g/mol. The van der Waals surface area contributed by atoms with Crippen molar-refractivity contribution in [2.45, 2.75) is 20.3 Å². The summed E-state index contributed by atoms with van der Waals surface area (Å²) in [7, 11) is 0. The molecule has 0 aliphatic heterocycles. The van der Waals surface area contributed by atoms with Gasteiger partial charge in [-0.05, 0) is 25.5 Å². The molecule has 2 N–H and O–H groups in total. The zero-order valence-electron chi connectivity index (χ0n) is 11.6. The summed E-state index contributed by atoms with van der Waals surface area (Å²) in [6.45, 7) is 4.50. The first kappa shape index (κ1) is 14.0. The predicted molar refractivity (Wildman–Crippen MR) is 74.5 cm³/mol. The maximum absolute atomic E-state index is 11.6. The number of aryl methyl sites for hydroxylation is 2. The standard InChI is InChI=1S/C14H18N4O2/c1-10-3-4-12(11(2)7-10)20-8-14(19)15-6-5-13-16-9-17-18-13/h3-4,7,9H,5-6,8H2,1-2H3,(H,15,19)(H,16,17,18). The SMILES string of the molecule is Cc1ccc(OCC(=O)NCCc2ncn[nH]2)c(C)c1. The van der Waals surface area contributed by atoms with E-state index in [0.717, 1.165) is 17.1 Å². The van der Waals surface area contributed by atoms with Crippen molar-refractivity contribution < 1.29 is 9.53 Å². The number of ether oxygens (including phenoxy) is 1. The van der Waals surface area contributed by atoms with E-state index in [2.05, 4.69) is 20.5 Å². The highest BCUT2D eigenvalue weighted by molar-refractivity contribution is 5.77. The summed E-state index contributed by atoms with van der Waals surface area (Å²) in [5, 5.41) is 9.25. The van der Waals surface area contributed by atoms with Crippen LogP contribution < -0.4 is 10.1 Å². The van der Waals surface area contributed by atoms with Crippen LogP contribution in [-0.2, 0) is 11.2 Å². The number of amides is 1. The molecule has 6 nitrogen and oxygen atoms in total. The van der Waals surface area contributed by atoms with Crippen molar-refractivity contribution in [3.05, 3.63) is 41.5 Å². The van der Waals surface area contributed by atoms with Gasteiger partial charge >= 0.3 is 0 Å². The Morgan fingerprint density at radius 3 is 2.95 bits per heavy atom. The lowest BCUT2D eigenvalue weighted by Gasteiger charge is -2.09. The number of aromatic nitrogens is 3. The van der Waals surface area contributed by atoms with Crippen molar-refractivity contribution in [1.29, 1.82) is 0 Å². The van der Waals surface area contributed by atoms with Crippen LogP contribution in [0.2, 0.25) is 0 Å². The molecular formula is C14H18N4O2.